The molecule has 1 aromatic rings. The van der Waals surface area contributed by atoms with Crippen LogP contribution >= 0.6 is 45.2 Å². The third-order valence-electron chi connectivity index (χ3n) is 2.48. The van der Waals surface area contributed by atoms with Gasteiger partial charge in [-0.15, -0.1) is 0 Å². The first-order chi connectivity index (χ1) is 8.99. The number of benzene rings is 1. The maximum Gasteiger partial charge on any atom is 0.539 e. The number of carbonyl (C=O) groups excluding carboxylic acids is 1. The van der Waals surface area contributed by atoms with Gasteiger partial charge in [0, 0.05) is 28.5 Å². The first kappa shape index (κ1) is 17.3. The highest BCUT2D eigenvalue weighted by atomic mass is 127. The molecule has 0 saturated heterocycles. The Morgan fingerprint density at radius 2 is 1.58 bits per heavy atom. The summed E-state index contributed by atoms with van der Waals surface area (Å²) < 4.78 is 22.5. The van der Waals surface area contributed by atoms with E-state index in [0.717, 1.165) is 7.14 Å². The van der Waals surface area contributed by atoms with Crippen molar-refractivity contribution in [2.24, 2.45) is 0 Å². The number of hydrogen-bond donors (Lipinski definition) is 0. The SMILES string of the molecule is CO[Si](COC(=O)c1c(I)cccc1I)(OC)OC. The highest BCUT2D eigenvalue weighted by Gasteiger charge is 2.40. The summed E-state index contributed by atoms with van der Waals surface area (Å²) in [5.74, 6) is -0.405. The van der Waals surface area contributed by atoms with E-state index in [0.29, 0.717) is 5.56 Å². The first-order valence-electron chi connectivity index (χ1n) is 5.26. The molecule has 0 aliphatic rings. The molecule has 0 spiro atoms. The van der Waals surface area contributed by atoms with Gasteiger partial charge in [0.2, 0.25) is 0 Å². The van der Waals surface area contributed by atoms with Crippen LogP contribution in [0.15, 0.2) is 18.2 Å². The van der Waals surface area contributed by atoms with Gasteiger partial charge in [-0.2, -0.15) is 0 Å². The zero-order valence-electron chi connectivity index (χ0n) is 10.7. The Labute approximate surface area is 140 Å². The predicted molar refractivity (Wildman–Crippen MR) is 88.9 cm³/mol. The second-order valence-corrected chi connectivity index (χ2v) is 8.67. The molecule has 0 bridgehead atoms. The van der Waals surface area contributed by atoms with Gasteiger partial charge in [-0.3, -0.25) is 0 Å². The summed E-state index contributed by atoms with van der Waals surface area (Å²) in [6, 6.07) is 5.60. The van der Waals surface area contributed by atoms with E-state index in [9.17, 15) is 4.79 Å². The molecule has 0 atom stereocenters. The molecular formula is C11H14I2O5Si. The molecule has 0 saturated carbocycles. The Kier molecular flexibility index (Phi) is 7.17. The molecular weight excluding hydrogens is 494 g/mol. The second kappa shape index (κ2) is 7.88. The van der Waals surface area contributed by atoms with Crippen molar-refractivity contribution in [3.63, 3.8) is 0 Å². The third kappa shape index (κ3) is 4.36. The summed E-state index contributed by atoms with van der Waals surface area (Å²) in [4.78, 5) is 12.1. The minimum Gasteiger partial charge on any atom is -0.457 e. The molecule has 0 unspecified atom stereocenters. The topological polar surface area (TPSA) is 54.0 Å². The largest absolute Gasteiger partial charge is 0.539 e. The number of halogens is 2. The average molecular weight is 508 g/mol. The molecule has 0 radical (unpaired) electrons. The monoisotopic (exact) mass is 508 g/mol. The summed E-state index contributed by atoms with van der Waals surface area (Å²) in [5, 5.41) is 0. The molecule has 1 rings (SSSR count). The normalized spacial score (nSPS) is 11.4. The molecule has 0 heterocycles. The van der Waals surface area contributed by atoms with Crippen LogP contribution in [0.5, 0.6) is 0 Å². The number of carbonyl (C=O) groups is 1. The van der Waals surface area contributed by atoms with Crippen molar-refractivity contribution in [1.82, 2.24) is 0 Å². The van der Waals surface area contributed by atoms with Crippen molar-refractivity contribution in [3.05, 3.63) is 30.9 Å². The zero-order valence-corrected chi connectivity index (χ0v) is 16.1. The van der Waals surface area contributed by atoms with E-state index in [4.69, 9.17) is 18.0 Å². The van der Waals surface area contributed by atoms with Gasteiger partial charge in [-0.05, 0) is 57.3 Å². The third-order valence-corrected chi connectivity index (χ3v) is 6.64. The molecule has 0 aliphatic carbocycles. The van der Waals surface area contributed by atoms with Crippen molar-refractivity contribution in [1.29, 1.82) is 0 Å². The van der Waals surface area contributed by atoms with E-state index >= 15 is 0 Å². The average Bonchev–Trinajstić information content (AvgIpc) is 2.41. The highest BCUT2D eigenvalue weighted by Crippen LogP contribution is 2.20. The van der Waals surface area contributed by atoms with Gasteiger partial charge in [0.05, 0.1) is 5.56 Å². The van der Waals surface area contributed by atoms with Gasteiger partial charge in [0.1, 0.15) is 0 Å². The lowest BCUT2D eigenvalue weighted by Gasteiger charge is -2.23. The number of hydrogen-bond acceptors (Lipinski definition) is 5. The molecule has 19 heavy (non-hydrogen) atoms. The maximum absolute atomic E-state index is 12.1. The van der Waals surface area contributed by atoms with Crippen LogP contribution in [0.3, 0.4) is 0 Å². The van der Waals surface area contributed by atoms with Crippen LogP contribution in [0.1, 0.15) is 10.4 Å². The van der Waals surface area contributed by atoms with Gasteiger partial charge in [-0.1, -0.05) is 6.07 Å². The molecule has 0 fully saturated rings. The van der Waals surface area contributed by atoms with Crippen LogP contribution in [0.4, 0.5) is 0 Å². The number of rotatable bonds is 6. The van der Waals surface area contributed by atoms with Crippen molar-refractivity contribution in [3.8, 4) is 0 Å². The van der Waals surface area contributed by atoms with E-state index in [1.54, 1.807) is 0 Å². The summed E-state index contributed by atoms with van der Waals surface area (Å²) >= 11 is 4.20. The highest BCUT2D eigenvalue weighted by molar-refractivity contribution is 14.1. The minimum atomic E-state index is -2.90. The number of esters is 1. The van der Waals surface area contributed by atoms with Crippen LogP contribution in [0.2, 0.25) is 0 Å². The fourth-order valence-electron chi connectivity index (χ4n) is 1.35. The van der Waals surface area contributed by atoms with E-state index in [1.165, 1.54) is 21.3 Å². The summed E-state index contributed by atoms with van der Waals surface area (Å²) in [7, 11) is 1.53. The van der Waals surface area contributed by atoms with Gasteiger partial charge >= 0.3 is 14.8 Å². The lowest BCUT2D eigenvalue weighted by atomic mass is 10.2. The van der Waals surface area contributed by atoms with Crippen LogP contribution in [-0.4, -0.2) is 42.3 Å². The first-order valence-corrected chi connectivity index (χ1v) is 9.35. The van der Waals surface area contributed by atoms with Crippen LogP contribution < -0.4 is 0 Å². The van der Waals surface area contributed by atoms with Gasteiger partial charge in [-0.25, -0.2) is 4.79 Å². The Morgan fingerprint density at radius 3 is 2.00 bits per heavy atom. The molecule has 0 aliphatic heterocycles. The number of ether oxygens (including phenoxy) is 1. The second-order valence-electron chi connectivity index (χ2n) is 3.47. The molecule has 0 aromatic heterocycles. The molecule has 0 N–H and O–H groups in total. The van der Waals surface area contributed by atoms with Crippen LogP contribution in [-0.2, 0) is 18.0 Å². The molecule has 1 aromatic carbocycles. The molecule has 5 nitrogen and oxygen atoms in total. The Morgan fingerprint density at radius 1 is 1.11 bits per heavy atom. The van der Waals surface area contributed by atoms with E-state index < -0.39 is 14.8 Å². The maximum atomic E-state index is 12.1. The predicted octanol–water partition coefficient (Wildman–Crippen LogP) is 2.47. The van der Waals surface area contributed by atoms with E-state index in [2.05, 4.69) is 45.2 Å². The fraction of sp³-hybridized carbons (Fsp3) is 0.364. The van der Waals surface area contributed by atoms with Crippen LogP contribution in [0, 0.1) is 7.14 Å². The van der Waals surface area contributed by atoms with E-state index in [-0.39, 0.29) is 6.23 Å². The molecule has 0 amide bonds. The quantitative estimate of drug-likeness (QED) is 0.336. The van der Waals surface area contributed by atoms with E-state index in [1.807, 2.05) is 18.2 Å². The van der Waals surface area contributed by atoms with Crippen molar-refractivity contribution >= 4 is 60.0 Å². The summed E-state index contributed by atoms with van der Waals surface area (Å²) in [6.45, 7) is 0. The molecule has 106 valence electrons. The Balaban J connectivity index is 2.81. The lowest BCUT2D eigenvalue weighted by molar-refractivity contribution is 0.0395. The Bertz CT molecular complexity index is 422. The van der Waals surface area contributed by atoms with Gasteiger partial charge < -0.3 is 18.0 Å². The summed E-state index contributed by atoms with van der Waals surface area (Å²) in [5.41, 5.74) is 0.551. The lowest BCUT2D eigenvalue weighted by Crippen LogP contribution is -2.48. The smallest absolute Gasteiger partial charge is 0.457 e. The van der Waals surface area contributed by atoms with Crippen molar-refractivity contribution < 1.29 is 22.8 Å². The Hall–Kier alpha value is 0.247. The van der Waals surface area contributed by atoms with Gasteiger partial charge in [0.15, 0.2) is 6.23 Å². The van der Waals surface area contributed by atoms with Crippen LogP contribution in [0.25, 0.3) is 0 Å². The standard InChI is InChI=1S/C11H14I2O5Si/c1-15-19(16-2,17-3)7-18-11(14)10-8(12)5-4-6-9(10)13/h4-6H,7H2,1-3H3. The minimum absolute atomic E-state index is 0.0175. The van der Waals surface area contributed by atoms with Crippen molar-refractivity contribution in [2.75, 3.05) is 27.6 Å². The fourth-order valence-corrected chi connectivity index (χ4v) is 4.46. The molecule has 8 heteroatoms. The zero-order chi connectivity index (χ0) is 14.5. The van der Waals surface area contributed by atoms with Crippen molar-refractivity contribution in [2.45, 2.75) is 0 Å². The summed E-state index contributed by atoms with van der Waals surface area (Å²) in [6.07, 6.45) is -0.0175. The van der Waals surface area contributed by atoms with Gasteiger partial charge in [0.25, 0.3) is 0 Å².